The summed E-state index contributed by atoms with van der Waals surface area (Å²) in [6.07, 6.45) is 4.88. The summed E-state index contributed by atoms with van der Waals surface area (Å²) in [4.78, 5) is 16.5. The Morgan fingerprint density at radius 3 is 3.00 bits per heavy atom. The van der Waals surface area contributed by atoms with Crippen molar-refractivity contribution in [1.29, 1.82) is 0 Å². The van der Waals surface area contributed by atoms with Crippen LogP contribution < -0.4 is 4.90 Å². The van der Waals surface area contributed by atoms with Gasteiger partial charge in [-0.1, -0.05) is 11.3 Å². The average Bonchev–Trinajstić information content (AvgIpc) is 2.95. The van der Waals surface area contributed by atoms with Crippen LogP contribution in [0.2, 0.25) is 0 Å². The molecule has 1 aliphatic rings. The Morgan fingerprint density at radius 1 is 1.25 bits per heavy atom. The molecular weight excluding hydrogens is 272 g/mol. The second-order valence-electron chi connectivity index (χ2n) is 5.05. The van der Waals surface area contributed by atoms with Crippen LogP contribution in [0, 0.1) is 13.8 Å². The molecule has 0 aromatic carbocycles. The number of imidazole rings is 1. The van der Waals surface area contributed by atoms with Gasteiger partial charge in [-0.15, -0.1) is 5.10 Å². The summed E-state index contributed by atoms with van der Waals surface area (Å²) in [5.41, 5.74) is 3.37. The molecule has 0 N–H and O–H groups in total. The van der Waals surface area contributed by atoms with Crippen LogP contribution in [0.1, 0.15) is 22.8 Å². The van der Waals surface area contributed by atoms with Crippen LogP contribution in [0.3, 0.4) is 0 Å². The number of aromatic nitrogens is 5. The molecule has 1 aliphatic heterocycles. The van der Waals surface area contributed by atoms with Crippen LogP contribution in [0.5, 0.6) is 0 Å². The van der Waals surface area contributed by atoms with E-state index >= 15 is 0 Å². The molecule has 0 radical (unpaired) electrons. The summed E-state index contributed by atoms with van der Waals surface area (Å²) in [7, 11) is 0. The van der Waals surface area contributed by atoms with Crippen molar-refractivity contribution < 1.29 is 0 Å². The third-order valence-electron chi connectivity index (χ3n) is 3.49. The van der Waals surface area contributed by atoms with Crippen molar-refractivity contribution in [2.75, 3.05) is 11.4 Å². The molecule has 0 spiro atoms. The molecule has 4 heterocycles. The van der Waals surface area contributed by atoms with E-state index in [1.807, 2.05) is 30.8 Å². The molecule has 0 aliphatic carbocycles. The number of aryl methyl sites for hydroxylation is 2. The summed E-state index contributed by atoms with van der Waals surface area (Å²) < 4.78 is 1.86. The first-order valence-electron chi connectivity index (χ1n) is 6.58. The SMILES string of the molecule is Cc1cn2nc(N3CCc4cnc(C)nc4C3)sc2n1. The average molecular weight is 286 g/mol. The summed E-state index contributed by atoms with van der Waals surface area (Å²) in [5.74, 6) is 0.829. The van der Waals surface area contributed by atoms with Gasteiger partial charge in [-0.25, -0.2) is 19.5 Å². The van der Waals surface area contributed by atoms with Gasteiger partial charge in [-0.05, 0) is 25.8 Å². The zero-order valence-electron chi connectivity index (χ0n) is 11.4. The molecular formula is C13H14N6S. The number of fused-ring (bicyclic) bond motifs is 2. The first kappa shape index (κ1) is 11.8. The molecule has 0 atom stereocenters. The molecule has 6 nitrogen and oxygen atoms in total. The van der Waals surface area contributed by atoms with Gasteiger partial charge in [0.25, 0.3) is 0 Å². The fraction of sp³-hybridized carbons (Fsp3) is 0.385. The van der Waals surface area contributed by atoms with Crippen LogP contribution >= 0.6 is 11.3 Å². The standard InChI is InChI=1S/C13H14N6S/c1-8-6-19-12(15-8)20-13(17-19)18-4-3-10-5-14-9(2)16-11(10)7-18/h5-6H,3-4,7H2,1-2H3. The minimum atomic E-state index is 0.800. The van der Waals surface area contributed by atoms with Gasteiger partial charge in [0.05, 0.1) is 24.1 Å². The van der Waals surface area contributed by atoms with Crippen molar-refractivity contribution in [3.05, 3.63) is 35.2 Å². The van der Waals surface area contributed by atoms with Crippen molar-refractivity contribution in [3.63, 3.8) is 0 Å². The quantitative estimate of drug-likeness (QED) is 0.682. The van der Waals surface area contributed by atoms with Gasteiger partial charge in [-0.2, -0.15) is 0 Å². The maximum Gasteiger partial charge on any atom is 0.214 e. The van der Waals surface area contributed by atoms with E-state index in [1.54, 1.807) is 11.3 Å². The van der Waals surface area contributed by atoms with Crippen LogP contribution in [-0.4, -0.2) is 31.1 Å². The van der Waals surface area contributed by atoms with Gasteiger partial charge in [0.1, 0.15) is 5.82 Å². The Morgan fingerprint density at radius 2 is 2.15 bits per heavy atom. The Hall–Kier alpha value is -2.02. The van der Waals surface area contributed by atoms with E-state index in [2.05, 4.69) is 25.0 Å². The lowest BCUT2D eigenvalue weighted by molar-refractivity contribution is 0.689. The first-order valence-corrected chi connectivity index (χ1v) is 7.40. The van der Waals surface area contributed by atoms with E-state index in [9.17, 15) is 0 Å². The van der Waals surface area contributed by atoms with Gasteiger partial charge < -0.3 is 4.90 Å². The van der Waals surface area contributed by atoms with E-state index in [-0.39, 0.29) is 0 Å². The fourth-order valence-corrected chi connectivity index (χ4v) is 3.45. The minimum absolute atomic E-state index is 0.800. The fourth-order valence-electron chi connectivity index (χ4n) is 2.49. The molecule has 102 valence electrons. The number of nitrogens with zero attached hydrogens (tertiary/aromatic N) is 6. The number of hydrogen-bond acceptors (Lipinski definition) is 6. The Bertz CT molecular complexity index is 758. The number of anilines is 1. The molecule has 20 heavy (non-hydrogen) atoms. The first-order chi connectivity index (χ1) is 9.69. The highest BCUT2D eigenvalue weighted by molar-refractivity contribution is 7.20. The van der Waals surface area contributed by atoms with Crippen molar-refractivity contribution in [1.82, 2.24) is 24.6 Å². The molecule has 7 heteroatoms. The Labute approximate surface area is 120 Å². The predicted molar refractivity (Wildman–Crippen MR) is 77.1 cm³/mol. The lowest BCUT2D eigenvalue weighted by Gasteiger charge is -2.27. The molecule has 0 bridgehead atoms. The number of hydrogen-bond donors (Lipinski definition) is 0. The molecule has 3 aromatic rings. The molecule has 0 saturated carbocycles. The van der Waals surface area contributed by atoms with E-state index in [0.717, 1.165) is 46.8 Å². The smallest absolute Gasteiger partial charge is 0.214 e. The lowest BCUT2D eigenvalue weighted by Crippen LogP contribution is -2.31. The Balaban J connectivity index is 1.68. The minimum Gasteiger partial charge on any atom is -0.340 e. The highest BCUT2D eigenvalue weighted by Gasteiger charge is 2.21. The Kier molecular flexibility index (Phi) is 2.50. The van der Waals surface area contributed by atoms with Gasteiger partial charge in [-0.3, -0.25) is 0 Å². The lowest BCUT2D eigenvalue weighted by atomic mass is 10.1. The summed E-state index contributed by atoms with van der Waals surface area (Å²) in [5, 5.41) is 5.62. The van der Waals surface area contributed by atoms with E-state index in [4.69, 9.17) is 0 Å². The second kappa shape index (κ2) is 4.24. The number of rotatable bonds is 1. The zero-order valence-corrected chi connectivity index (χ0v) is 12.2. The maximum atomic E-state index is 4.61. The van der Waals surface area contributed by atoms with Crippen LogP contribution in [0.25, 0.3) is 4.96 Å². The predicted octanol–water partition coefficient (Wildman–Crippen LogP) is 1.76. The van der Waals surface area contributed by atoms with Gasteiger partial charge in [0, 0.05) is 12.7 Å². The summed E-state index contributed by atoms with van der Waals surface area (Å²) in [6, 6.07) is 0. The summed E-state index contributed by atoms with van der Waals surface area (Å²) in [6.45, 7) is 5.67. The van der Waals surface area contributed by atoms with Gasteiger partial charge >= 0.3 is 0 Å². The molecule has 4 rings (SSSR count). The highest BCUT2D eigenvalue weighted by atomic mass is 32.1. The van der Waals surface area contributed by atoms with E-state index < -0.39 is 0 Å². The van der Waals surface area contributed by atoms with Crippen LogP contribution in [0.15, 0.2) is 12.4 Å². The maximum absolute atomic E-state index is 4.61. The van der Waals surface area contributed by atoms with Gasteiger partial charge in [0.15, 0.2) is 0 Å². The van der Waals surface area contributed by atoms with Crippen molar-refractivity contribution >= 4 is 21.4 Å². The van der Waals surface area contributed by atoms with Crippen molar-refractivity contribution in [2.45, 2.75) is 26.8 Å². The zero-order chi connectivity index (χ0) is 13.7. The van der Waals surface area contributed by atoms with Crippen molar-refractivity contribution in [2.24, 2.45) is 0 Å². The van der Waals surface area contributed by atoms with Crippen molar-refractivity contribution in [3.8, 4) is 0 Å². The topological polar surface area (TPSA) is 59.2 Å². The van der Waals surface area contributed by atoms with Gasteiger partial charge in [0.2, 0.25) is 10.1 Å². The van der Waals surface area contributed by atoms with Crippen LogP contribution in [0.4, 0.5) is 5.13 Å². The molecule has 3 aromatic heterocycles. The molecule has 0 saturated heterocycles. The van der Waals surface area contributed by atoms with E-state index in [1.165, 1.54) is 5.56 Å². The van der Waals surface area contributed by atoms with Crippen LogP contribution in [-0.2, 0) is 13.0 Å². The second-order valence-corrected chi connectivity index (χ2v) is 5.99. The normalized spacial score (nSPS) is 14.8. The summed E-state index contributed by atoms with van der Waals surface area (Å²) >= 11 is 1.63. The molecule has 0 fully saturated rings. The monoisotopic (exact) mass is 286 g/mol. The third kappa shape index (κ3) is 1.85. The van der Waals surface area contributed by atoms with E-state index in [0.29, 0.717) is 0 Å². The largest absolute Gasteiger partial charge is 0.340 e. The molecule has 0 unspecified atom stereocenters. The molecule has 0 amide bonds. The third-order valence-corrected chi connectivity index (χ3v) is 4.47. The highest BCUT2D eigenvalue weighted by Crippen LogP contribution is 2.27.